The standard InChI is InChI=1S/C12H7N2O.C5H.CO.Ru/c15-12-10-4-3-8-2-1-6-13-11(8)9(10)5-7-14-12;1-2-4-5-3-1;1-2;/h1-4,6-7H,(H,14,15);1H;;/q-1;-5;;+6. The third-order valence-corrected chi connectivity index (χ3v) is 2.79. The molecule has 0 saturated heterocycles. The van der Waals surface area contributed by atoms with Gasteiger partial charge in [0.15, 0.2) is 5.56 Å². The van der Waals surface area contributed by atoms with Crippen LogP contribution >= 0.6 is 0 Å². The molecule has 2 aromatic heterocycles. The molecule has 110 valence electrons. The topological polar surface area (TPSA) is 65.7 Å². The van der Waals surface area contributed by atoms with Crippen molar-refractivity contribution < 1.29 is 24.1 Å². The molecule has 4 aromatic rings. The molecule has 2 aromatic carbocycles. The number of aromatic amines is 1. The molecule has 0 spiro atoms. The Hall–Kier alpha value is -2.45. The molecule has 4 nitrogen and oxygen atoms in total. The fourth-order valence-electron chi connectivity index (χ4n) is 1.91. The quantitative estimate of drug-likeness (QED) is 0.219. The van der Waals surface area contributed by atoms with E-state index in [2.05, 4.69) is 47.0 Å². The van der Waals surface area contributed by atoms with E-state index >= 15 is 0 Å². The SMILES string of the molecule is O=c1[nH]c[c-]c2c1ccc1cccnc12.[C-]#[O+].[Ru+6].[c-]1[c-][c-][cH-][c-]1. The molecule has 0 bridgehead atoms. The normalized spacial score (nSPS) is 8.96. The average molecular weight is 385 g/mol. The molecule has 4 rings (SSSR count). The van der Waals surface area contributed by atoms with Gasteiger partial charge in [-0.1, -0.05) is 29.1 Å². The molecule has 0 amide bonds. The van der Waals surface area contributed by atoms with Gasteiger partial charge in [-0.2, -0.15) is 11.5 Å². The van der Waals surface area contributed by atoms with Crippen LogP contribution in [0, 0.1) is 37.0 Å². The summed E-state index contributed by atoms with van der Waals surface area (Å²) in [5.74, 6) is 0. The van der Waals surface area contributed by atoms with Gasteiger partial charge in [-0.15, -0.1) is 6.07 Å². The first kappa shape index (κ1) is 18.6. The molecular formula is C18H8N2O2Ru. The maximum Gasteiger partial charge on any atom is 6.00 e. The summed E-state index contributed by atoms with van der Waals surface area (Å²) in [6.45, 7) is 4.50. The maximum absolute atomic E-state index is 11.5. The van der Waals surface area contributed by atoms with Gasteiger partial charge in [0.05, 0.1) is 0 Å². The summed E-state index contributed by atoms with van der Waals surface area (Å²) in [6.07, 6.45) is 3.25. The Morgan fingerprint density at radius 2 is 1.91 bits per heavy atom. The summed E-state index contributed by atoms with van der Waals surface area (Å²) in [7, 11) is 0. The van der Waals surface area contributed by atoms with E-state index in [1.807, 2.05) is 18.2 Å². The van der Waals surface area contributed by atoms with Gasteiger partial charge in [0.1, 0.15) is 0 Å². The minimum atomic E-state index is -0.101. The van der Waals surface area contributed by atoms with Crippen LogP contribution in [-0.2, 0) is 24.1 Å². The number of pyridine rings is 2. The second-order valence-electron chi connectivity index (χ2n) is 4.01. The van der Waals surface area contributed by atoms with Crippen molar-refractivity contribution in [2.45, 2.75) is 0 Å². The van der Waals surface area contributed by atoms with Gasteiger partial charge in [-0.25, -0.2) is 0 Å². The van der Waals surface area contributed by atoms with E-state index in [-0.39, 0.29) is 25.0 Å². The van der Waals surface area contributed by atoms with E-state index in [1.165, 1.54) is 6.20 Å². The first-order valence-electron chi connectivity index (χ1n) is 6.16. The predicted octanol–water partition coefficient (Wildman–Crippen LogP) is 2.44. The Bertz CT molecular complexity index is 911. The summed E-state index contributed by atoms with van der Waals surface area (Å²) in [5, 5.41) is 2.42. The molecule has 5 heteroatoms. The van der Waals surface area contributed by atoms with Crippen LogP contribution in [0.1, 0.15) is 0 Å². The van der Waals surface area contributed by atoms with Crippen LogP contribution in [0.4, 0.5) is 0 Å². The Morgan fingerprint density at radius 3 is 2.57 bits per heavy atom. The molecule has 1 N–H and O–H groups in total. The third kappa shape index (κ3) is 4.51. The minimum absolute atomic E-state index is 0. The van der Waals surface area contributed by atoms with Crippen LogP contribution < -0.4 is 5.56 Å². The molecule has 0 aliphatic carbocycles. The molecule has 23 heavy (non-hydrogen) atoms. The van der Waals surface area contributed by atoms with E-state index in [0.29, 0.717) is 5.39 Å². The van der Waals surface area contributed by atoms with Crippen molar-refractivity contribution in [2.24, 2.45) is 0 Å². The molecule has 0 radical (unpaired) electrons. The van der Waals surface area contributed by atoms with Crippen LogP contribution in [0.15, 0.2) is 47.5 Å². The van der Waals surface area contributed by atoms with E-state index in [4.69, 9.17) is 4.65 Å². The molecule has 0 aliphatic rings. The van der Waals surface area contributed by atoms with Gasteiger partial charge in [-0.05, 0) is 11.6 Å². The summed E-state index contributed by atoms with van der Waals surface area (Å²) in [5.41, 5.74) is 0.720. The molecule has 0 fully saturated rings. The van der Waals surface area contributed by atoms with Crippen molar-refractivity contribution in [1.29, 1.82) is 0 Å². The van der Waals surface area contributed by atoms with Crippen molar-refractivity contribution in [3.63, 3.8) is 0 Å². The Balaban J connectivity index is 0.000000282. The zero-order valence-electron chi connectivity index (χ0n) is 11.7. The average Bonchev–Trinajstić information content (AvgIpc) is 3.17. The van der Waals surface area contributed by atoms with Crippen molar-refractivity contribution in [2.75, 3.05) is 0 Å². The van der Waals surface area contributed by atoms with E-state index < -0.39 is 0 Å². The molecule has 0 atom stereocenters. The smallest absolute Gasteiger partial charge is 0.999 e. The predicted molar refractivity (Wildman–Crippen MR) is 80.0 cm³/mol. The van der Waals surface area contributed by atoms with Crippen molar-refractivity contribution in [3.8, 4) is 0 Å². The number of aromatic nitrogens is 2. The molecule has 0 saturated carbocycles. The second kappa shape index (κ2) is 9.55. The van der Waals surface area contributed by atoms with Crippen LogP contribution in [-0.4, -0.2) is 9.97 Å². The molecular weight excluding hydrogens is 377 g/mol. The van der Waals surface area contributed by atoms with E-state index in [1.54, 1.807) is 18.3 Å². The van der Waals surface area contributed by atoms with Crippen LogP contribution in [0.2, 0.25) is 0 Å². The van der Waals surface area contributed by atoms with Crippen LogP contribution in [0.25, 0.3) is 21.7 Å². The Labute approximate surface area is 146 Å². The fourth-order valence-corrected chi connectivity index (χ4v) is 1.91. The first-order valence-corrected chi connectivity index (χ1v) is 6.16. The Morgan fingerprint density at radius 1 is 1.17 bits per heavy atom. The summed E-state index contributed by atoms with van der Waals surface area (Å²) in [4.78, 5) is 18.4. The molecule has 0 aliphatic heterocycles. The number of hydrogen-bond donors (Lipinski definition) is 1. The van der Waals surface area contributed by atoms with Crippen molar-refractivity contribution >= 4 is 21.7 Å². The van der Waals surface area contributed by atoms with Gasteiger partial charge in [-0.3, -0.25) is 4.79 Å². The number of rotatable bonds is 0. The van der Waals surface area contributed by atoms with Gasteiger partial charge >= 0.3 is 30.8 Å². The monoisotopic (exact) mass is 386 g/mol. The first-order chi connectivity index (χ1) is 10.9. The van der Waals surface area contributed by atoms with Crippen molar-refractivity contribution in [1.82, 2.24) is 9.97 Å². The number of H-pyrrole nitrogens is 1. The van der Waals surface area contributed by atoms with Crippen LogP contribution in [0.5, 0.6) is 0 Å². The number of hydrogen-bond acceptors (Lipinski definition) is 2. The fraction of sp³-hybridized carbons (Fsp3) is 0. The second-order valence-corrected chi connectivity index (χ2v) is 4.01. The number of fused-ring (bicyclic) bond motifs is 3. The van der Waals surface area contributed by atoms with E-state index in [9.17, 15) is 4.79 Å². The van der Waals surface area contributed by atoms with E-state index in [0.717, 1.165) is 16.3 Å². The maximum atomic E-state index is 11.5. The Kier molecular flexibility index (Phi) is 7.72. The zero-order valence-corrected chi connectivity index (χ0v) is 13.4. The summed E-state index contributed by atoms with van der Waals surface area (Å²) < 4.78 is 7.50. The molecule has 0 unspecified atom stereocenters. The minimum Gasteiger partial charge on any atom is -0.999 e. The summed E-state index contributed by atoms with van der Waals surface area (Å²) in [6, 6.07) is 22.6. The summed E-state index contributed by atoms with van der Waals surface area (Å²) >= 11 is 0. The van der Waals surface area contributed by atoms with Gasteiger partial charge in [0.25, 0.3) is 0 Å². The number of nitrogens with one attached hydrogen (secondary N) is 1. The van der Waals surface area contributed by atoms with Gasteiger partial charge < -0.3 is 40.3 Å². The third-order valence-electron chi connectivity index (χ3n) is 2.79. The largest absolute Gasteiger partial charge is 6.00 e. The zero-order chi connectivity index (χ0) is 15.8. The van der Waals surface area contributed by atoms with Gasteiger partial charge in [0, 0.05) is 6.20 Å². The molecule has 2 heterocycles. The van der Waals surface area contributed by atoms with Crippen LogP contribution in [0.3, 0.4) is 0 Å². The number of benzene rings is 1. The van der Waals surface area contributed by atoms with Gasteiger partial charge in [0.2, 0.25) is 0 Å². The number of nitrogens with zero attached hydrogens (tertiary/aromatic N) is 1. The van der Waals surface area contributed by atoms with Crippen molar-refractivity contribution in [3.05, 3.63) is 90.1 Å².